The highest BCUT2D eigenvalue weighted by Crippen LogP contribution is 2.48. The first-order chi connectivity index (χ1) is 13.1. The van der Waals surface area contributed by atoms with Crippen molar-refractivity contribution in [3.63, 3.8) is 0 Å². The SMILES string of the molecule is Cc1ccc(C2C3C(=O)N(c4ccc(Cl)cc4)C(=O)C3N3CCCN23)cc1. The molecule has 6 heteroatoms. The van der Waals surface area contributed by atoms with E-state index in [4.69, 9.17) is 11.6 Å². The van der Waals surface area contributed by atoms with Crippen molar-refractivity contribution in [2.45, 2.75) is 25.4 Å². The van der Waals surface area contributed by atoms with Crippen LogP contribution in [0.4, 0.5) is 5.69 Å². The number of halogens is 1. The molecule has 3 fully saturated rings. The third-order valence-electron chi connectivity index (χ3n) is 5.91. The van der Waals surface area contributed by atoms with Gasteiger partial charge in [-0.3, -0.25) is 9.59 Å². The lowest BCUT2D eigenvalue weighted by Crippen LogP contribution is -2.44. The number of fused-ring (bicyclic) bond motifs is 3. The standard InChI is InChI=1S/C21H20ClN3O2/c1-13-3-5-14(6-4-13)18-17-19(24-12-2-11-23(18)24)21(27)25(20(17)26)16-9-7-15(22)8-10-16/h3-10,17-19H,2,11-12H2,1H3. The summed E-state index contributed by atoms with van der Waals surface area (Å²) in [4.78, 5) is 28.0. The number of imide groups is 1. The summed E-state index contributed by atoms with van der Waals surface area (Å²) in [6.07, 6.45) is 1.01. The van der Waals surface area contributed by atoms with Crippen molar-refractivity contribution in [3.8, 4) is 0 Å². The van der Waals surface area contributed by atoms with Crippen molar-refractivity contribution < 1.29 is 9.59 Å². The summed E-state index contributed by atoms with van der Waals surface area (Å²) in [6, 6.07) is 14.7. The number of hydrazine groups is 1. The monoisotopic (exact) mass is 381 g/mol. The predicted octanol–water partition coefficient (Wildman–Crippen LogP) is 3.18. The molecule has 3 unspecified atom stereocenters. The summed E-state index contributed by atoms with van der Waals surface area (Å²) in [5.41, 5.74) is 2.87. The average molecular weight is 382 g/mol. The summed E-state index contributed by atoms with van der Waals surface area (Å²) in [5, 5.41) is 4.93. The molecule has 138 valence electrons. The number of nitrogens with zero attached hydrogens (tertiary/aromatic N) is 3. The van der Waals surface area contributed by atoms with Crippen molar-refractivity contribution in [1.82, 2.24) is 10.0 Å². The highest BCUT2D eigenvalue weighted by atomic mass is 35.5. The van der Waals surface area contributed by atoms with Gasteiger partial charge in [0.2, 0.25) is 5.91 Å². The molecular formula is C21H20ClN3O2. The Hall–Kier alpha value is -2.21. The Kier molecular flexibility index (Phi) is 3.86. The molecule has 3 heterocycles. The van der Waals surface area contributed by atoms with Crippen LogP contribution < -0.4 is 4.90 Å². The number of rotatable bonds is 2. The fourth-order valence-electron chi connectivity index (χ4n) is 4.72. The van der Waals surface area contributed by atoms with Crippen LogP contribution in [0.2, 0.25) is 5.02 Å². The zero-order valence-electron chi connectivity index (χ0n) is 15.0. The highest BCUT2D eigenvalue weighted by molar-refractivity contribution is 6.31. The highest BCUT2D eigenvalue weighted by Gasteiger charge is 2.62. The van der Waals surface area contributed by atoms with Crippen LogP contribution in [0.3, 0.4) is 0 Å². The van der Waals surface area contributed by atoms with E-state index in [1.165, 1.54) is 10.5 Å². The van der Waals surface area contributed by atoms with Gasteiger partial charge in [0, 0.05) is 18.1 Å². The lowest BCUT2D eigenvalue weighted by molar-refractivity contribution is -0.126. The fraction of sp³-hybridized carbons (Fsp3) is 0.333. The zero-order chi connectivity index (χ0) is 18.7. The van der Waals surface area contributed by atoms with Crippen LogP contribution in [0.15, 0.2) is 48.5 Å². The first-order valence-electron chi connectivity index (χ1n) is 9.29. The minimum Gasteiger partial charge on any atom is -0.274 e. The summed E-state index contributed by atoms with van der Waals surface area (Å²) in [5.74, 6) is -0.627. The van der Waals surface area contributed by atoms with Gasteiger partial charge < -0.3 is 0 Å². The van der Waals surface area contributed by atoms with E-state index in [1.54, 1.807) is 24.3 Å². The van der Waals surface area contributed by atoms with Crippen molar-refractivity contribution in [2.75, 3.05) is 18.0 Å². The third-order valence-corrected chi connectivity index (χ3v) is 6.16. The molecule has 0 bridgehead atoms. The molecule has 0 aliphatic carbocycles. The maximum atomic E-state index is 13.4. The smallest absolute Gasteiger partial charge is 0.253 e. The van der Waals surface area contributed by atoms with Crippen LogP contribution in [-0.2, 0) is 9.59 Å². The molecule has 3 atom stereocenters. The number of hydrogen-bond donors (Lipinski definition) is 0. The van der Waals surface area contributed by atoms with Gasteiger partial charge in [0.05, 0.1) is 17.6 Å². The molecule has 5 rings (SSSR count). The molecule has 0 N–H and O–H groups in total. The minimum atomic E-state index is -0.415. The number of amides is 2. The Morgan fingerprint density at radius 2 is 1.48 bits per heavy atom. The number of hydrogen-bond acceptors (Lipinski definition) is 4. The number of anilines is 1. The predicted molar refractivity (Wildman–Crippen MR) is 103 cm³/mol. The molecule has 5 nitrogen and oxygen atoms in total. The van der Waals surface area contributed by atoms with Gasteiger partial charge in [0.25, 0.3) is 5.91 Å². The van der Waals surface area contributed by atoms with Gasteiger partial charge in [-0.05, 0) is 43.2 Å². The first-order valence-corrected chi connectivity index (χ1v) is 9.67. The zero-order valence-corrected chi connectivity index (χ0v) is 15.8. The largest absolute Gasteiger partial charge is 0.274 e. The number of aryl methyl sites for hydroxylation is 1. The van der Waals surface area contributed by atoms with Gasteiger partial charge in [-0.2, -0.15) is 0 Å². The molecule has 3 aliphatic heterocycles. The Bertz CT molecular complexity index is 912. The van der Waals surface area contributed by atoms with E-state index in [0.29, 0.717) is 10.7 Å². The second-order valence-electron chi connectivity index (χ2n) is 7.49. The minimum absolute atomic E-state index is 0.0909. The second-order valence-corrected chi connectivity index (χ2v) is 7.93. The van der Waals surface area contributed by atoms with Gasteiger partial charge in [0.15, 0.2) is 0 Å². The van der Waals surface area contributed by atoms with E-state index in [9.17, 15) is 9.59 Å². The summed E-state index contributed by atoms with van der Waals surface area (Å²) < 4.78 is 0. The Morgan fingerprint density at radius 1 is 0.852 bits per heavy atom. The maximum Gasteiger partial charge on any atom is 0.253 e. The fourth-order valence-corrected chi connectivity index (χ4v) is 4.85. The van der Waals surface area contributed by atoms with Crippen LogP contribution in [0.25, 0.3) is 0 Å². The van der Waals surface area contributed by atoms with Crippen LogP contribution in [0, 0.1) is 12.8 Å². The third kappa shape index (κ3) is 2.46. The lowest BCUT2D eigenvalue weighted by atomic mass is 9.89. The van der Waals surface area contributed by atoms with E-state index < -0.39 is 6.04 Å². The van der Waals surface area contributed by atoms with E-state index >= 15 is 0 Å². The Morgan fingerprint density at radius 3 is 2.15 bits per heavy atom. The molecular weight excluding hydrogens is 362 g/mol. The molecule has 2 aromatic carbocycles. The second kappa shape index (κ2) is 6.16. The Labute approximate surface area is 163 Å². The quantitative estimate of drug-likeness (QED) is 0.749. The van der Waals surface area contributed by atoms with Crippen LogP contribution in [0.1, 0.15) is 23.6 Å². The number of carbonyl (C=O) groups is 2. The summed E-state index contributed by atoms with van der Waals surface area (Å²) in [7, 11) is 0. The molecule has 2 amide bonds. The number of carbonyl (C=O) groups excluding carboxylic acids is 2. The van der Waals surface area contributed by atoms with Crippen LogP contribution >= 0.6 is 11.6 Å². The normalized spacial score (nSPS) is 28.1. The van der Waals surface area contributed by atoms with Crippen LogP contribution in [-0.4, -0.2) is 41.0 Å². The molecule has 0 spiro atoms. The van der Waals surface area contributed by atoms with Crippen LogP contribution in [0.5, 0.6) is 0 Å². The average Bonchev–Trinajstić information content (AvgIpc) is 3.30. The van der Waals surface area contributed by atoms with Gasteiger partial charge in [-0.15, -0.1) is 0 Å². The Balaban J connectivity index is 1.57. The lowest BCUT2D eigenvalue weighted by Gasteiger charge is -2.29. The van der Waals surface area contributed by atoms with E-state index in [2.05, 4.69) is 41.2 Å². The van der Waals surface area contributed by atoms with Crippen molar-refractivity contribution >= 4 is 29.1 Å². The van der Waals surface area contributed by atoms with Gasteiger partial charge in [-0.25, -0.2) is 14.9 Å². The van der Waals surface area contributed by atoms with Gasteiger partial charge >= 0.3 is 0 Å². The molecule has 0 radical (unpaired) electrons. The van der Waals surface area contributed by atoms with Crippen molar-refractivity contribution in [3.05, 3.63) is 64.7 Å². The molecule has 0 aromatic heterocycles. The summed E-state index contributed by atoms with van der Waals surface area (Å²) in [6.45, 7) is 3.75. The van der Waals surface area contributed by atoms with Gasteiger partial charge in [0.1, 0.15) is 6.04 Å². The number of benzene rings is 2. The molecule has 3 aliphatic rings. The maximum absolute atomic E-state index is 13.4. The molecule has 27 heavy (non-hydrogen) atoms. The topological polar surface area (TPSA) is 43.9 Å². The van der Waals surface area contributed by atoms with E-state index in [0.717, 1.165) is 25.1 Å². The summed E-state index contributed by atoms with van der Waals surface area (Å²) >= 11 is 5.97. The van der Waals surface area contributed by atoms with E-state index in [-0.39, 0.29) is 23.8 Å². The molecule has 0 saturated carbocycles. The van der Waals surface area contributed by atoms with Crippen molar-refractivity contribution in [1.29, 1.82) is 0 Å². The van der Waals surface area contributed by atoms with Gasteiger partial charge in [-0.1, -0.05) is 41.4 Å². The van der Waals surface area contributed by atoms with E-state index in [1.807, 2.05) is 0 Å². The van der Waals surface area contributed by atoms with Crippen molar-refractivity contribution in [2.24, 2.45) is 5.92 Å². The first kappa shape index (κ1) is 16.9. The molecule has 3 saturated heterocycles. The molecule has 2 aromatic rings.